The lowest BCUT2D eigenvalue weighted by Gasteiger charge is -2.35. The molecule has 0 aromatic heterocycles. The van der Waals surface area contributed by atoms with Gasteiger partial charge in [-0.2, -0.15) is 0 Å². The maximum Gasteiger partial charge on any atom is 0.308 e. The van der Waals surface area contributed by atoms with Crippen LogP contribution in [0.3, 0.4) is 0 Å². The molecule has 3 aromatic carbocycles. The maximum atomic E-state index is 12.1. The van der Waals surface area contributed by atoms with Crippen molar-refractivity contribution in [2.45, 2.75) is 45.0 Å². The van der Waals surface area contributed by atoms with E-state index in [2.05, 4.69) is 41.3 Å². The number of esters is 1. The summed E-state index contributed by atoms with van der Waals surface area (Å²) in [5.41, 5.74) is 3.46. The first-order chi connectivity index (χ1) is 15.2. The predicted molar refractivity (Wildman–Crippen MR) is 123 cm³/mol. The minimum Gasteiger partial charge on any atom is -0.466 e. The van der Waals surface area contributed by atoms with Gasteiger partial charge in [0.15, 0.2) is 0 Å². The number of nitrogens with zero attached hydrogens (tertiary/aromatic N) is 1. The van der Waals surface area contributed by atoms with Gasteiger partial charge in [0.05, 0.1) is 19.1 Å². The Morgan fingerprint density at radius 3 is 1.71 bits per heavy atom. The van der Waals surface area contributed by atoms with Gasteiger partial charge >= 0.3 is 5.97 Å². The topological polar surface area (TPSA) is 49.8 Å². The standard InChI is InChI=1S/C27H31NO3/c1-2-31-27(30)19-26(29)25(18-22-12-6-3-7-13-22)28(20-23-14-8-4-9-15-23)21-24-16-10-5-11-17-24/h3-17,25-26,29H,2,18-21H2,1H3/t25-,26+/m0/s1. The molecule has 0 saturated heterocycles. The zero-order valence-corrected chi connectivity index (χ0v) is 18.1. The van der Waals surface area contributed by atoms with Gasteiger partial charge in [0.25, 0.3) is 0 Å². The van der Waals surface area contributed by atoms with Crippen LogP contribution in [0.4, 0.5) is 0 Å². The molecule has 1 N–H and O–H groups in total. The molecule has 31 heavy (non-hydrogen) atoms. The van der Waals surface area contributed by atoms with E-state index in [-0.39, 0.29) is 18.4 Å². The summed E-state index contributed by atoms with van der Waals surface area (Å²) in [6.07, 6.45) is -0.223. The van der Waals surface area contributed by atoms with E-state index in [0.717, 1.165) is 5.56 Å². The van der Waals surface area contributed by atoms with Crippen molar-refractivity contribution >= 4 is 5.97 Å². The summed E-state index contributed by atoms with van der Waals surface area (Å²) >= 11 is 0. The van der Waals surface area contributed by atoms with Crippen molar-refractivity contribution in [3.05, 3.63) is 108 Å². The van der Waals surface area contributed by atoms with E-state index in [1.165, 1.54) is 11.1 Å². The molecular formula is C27H31NO3. The number of rotatable bonds is 11. The molecule has 0 unspecified atom stereocenters. The summed E-state index contributed by atoms with van der Waals surface area (Å²) in [4.78, 5) is 14.4. The highest BCUT2D eigenvalue weighted by Crippen LogP contribution is 2.21. The van der Waals surface area contributed by atoms with Crippen LogP contribution in [0.25, 0.3) is 0 Å². The van der Waals surface area contributed by atoms with E-state index in [1.54, 1.807) is 6.92 Å². The van der Waals surface area contributed by atoms with Crippen molar-refractivity contribution in [1.82, 2.24) is 4.90 Å². The van der Waals surface area contributed by atoms with E-state index in [1.807, 2.05) is 54.6 Å². The molecule has 0 saturated carbocycles. The lowest BCUT2D eigenvalue weighted by atomic mass is 9.96. The van der Waals surface area contributed by atoms with Gasteiger partial charge in [0.1, 0.15) is 0 Å². The van der Waals surface area contributed by atoms with E-state index in [0.29, 0.717) is 26.1 Å². The molecule has 0 amide bonds. The van der Waals surface area contributed by atoms with Crippen LogP contribution in [0.1, 0.15) is 30.0 Å². The van der Waals surface area contributed by atoms with E-state index in [9.17, 15) is 9.90 Å². The minimum atomic E-state index is -0.841. The third-order valence-corrected chi connectivity index (χ3v) is 5.34. The van der Waals surface area contributed by atoms with Crippen molar-refractivity contribution in [3.63, 3.8) is 0 Å². The molecule has 4 heteroatoms. The summed E-state index contributed by atoms with van der Waals surface area (Å²) in [7, 11) is 0. The number of hydrogen-bond acceptors (Lipinski definition) is 4. The number of carbonyl (C=O) groups is 1. The first kappa shape index (κ1) is 22.7. The smallest absolute Gasteiger partial charge is 0.308 e. The molecule has 0 bridgehead atoms. The Bertz CT molecular complexity index is 858. The Hall–Kier alpha value is -2.95. The van der Waals surface area contributed by atoms with Crippen LogP contribution in [-0.2, 0) is 29.0 Å². The van der Waals surface area contributed by atoms with Gasteiger partial charge in [-0.05, 0) is 30.0 Å². The van der Waals surface area contributed by atoms with Crippen molar-refractivity contribution < 1.29 is 14.6 Å². The van der Waals surface area contributed by atoms with Crippen molar-refractivity contribution in [2.24, 2.45) is 0 Å². The molecule has 0 spiro atoms. The zero-order chi connectivity index (χ0) is 21.9. The lowest BCUT2D eigenvalue weighted by molar-refractivity contribution is -0.146. The molecule has 3 aromatic rings. The fraction of sp³-hybridized carbons (Fsp3) is 0.296. The van der Waals surface area contributed by atoms with Crippen LogP contribution < -0.4 is 0 Å². The van der Waals surface area contributed by atoms with Gasteiger partial charge in [0, 0.05) is 19.1 Å². The highest BCUT2D eigenvalue weighted by Gasteiger charge is 2.29. The molecule has 0 aliphatic carbocycles. The fourth-order valence-corrected chi connectivity index (χ4v) is 3.82. The summed E-state index contributed by atoms with van der Waals surface area (Å²) in [6, 6.07) is 30.3. The van der Waals surface area contributed by atoms with E-state index in [4.69, 9.17) is 4.74 Å². The highest BCUT2D eigenvalue weighted by atomic mass is 16.5. The van der Waals surface area contributed by atoms with Crippen LogP contribution in [-0.4, -0.2) is 34.7 Å². The molecule has 4 nitrogen and oxygen atoms in total. The van der Waals surface area contributed by atoms with Crippen LogP contribution >= 0.6 is 0 Å². The van der Waals surface area contributed by atoms with Crippen LogP contribution in [0, 0.1) is 0 Å². The second-order valence-electron chi connectivity index (χ2n) is 7.71. The van der Waals surface area contributed by atoms with Gasteiger partial charge in [-0.15, -0.1) is 0 Å². The molecule has 3 rings (SSSR count). The number of aliphatic hydroxyl groups is 1. The molecule has 162 valence electrons. The van der Waals surface area contributed by atoms with Gasteiger partial charge in [-0.3, -0.25) is 9.69 Å². The first-order valence-corrected chi connectivity index (χ1v) is 10.8. The van der Waals surface area contributed by atoms with Gasteiger partial charge in [-0.25, -0.2) is 0 Å². The highest BCUT2D eigenvalue weighted by molar-refractivity contribution is 5.70. The van der Waals surface area contributed by atoms with Crippen molar-refractivity contribution in [1.29, 1.82) is 0 Å². The molecule has 0 aliphatic rings. The lowest BCUT2D eigenvalue weighted by Crippen LogP contribution is -2.45. The first-order valence-electron chi connectivity index (χ1n) is 10.8. The molecule has 2 atom stereocenters. The van der Waals surface area contributed by atoms with Gasteiger partial charge < -0.3 is 9.84 Å². The summed E-state index contributed by atoms with van der Waals surface area (Å²) in [5.74, 6) is -0.368. The van der Waals surface area contributed by atoms with E-state index >= 15 is 0 Å². The second kappa shape index (κ2) is 12.0. The Labute approximate surface area is 185 Å². The molecular weight excluding hydrogens is 386 g/mol. The fourth-order valence-electron chi connectivity index (χ4n) is 3.82. The zero-order valence-electron chi connectivity index (χ0n) is 18.1. The Morgan fingerprint density at radius 2 is 1.26 bits per heavy atom. The molecule has 0 heterocycles. The molecule has 0 fully saturated rings. The summed E-state index contributed by atoms with van der Waals surface area (Å²) in [6.45, 7) is 3.44. The van der Waals surface area contributed by atoms with Gasteiger partial charge in [0.2, 0.25) is 0 Å². The third kappa shape index (κ3) is 7.35. The van der Waals surface area contributed by atoms with Crippen LogP contribution in [0.2, 0.25) is 0 Å². The average Bonchev–Trinajstić information content (AvgIpc) is 2.79. The summed E-state index contributed by atoms with van der Waals surface area (Å²) in [5, 5.41) is 11.2. The SMILES string of the molecule is CCOC(=O)C[C@@H](O)[C@H](Cc1ccccc1)N(Cc1ccccc1)Cc1ccccc1. The number of aliphatic hydroxyl groups excluding tert-OH is 1. The Kier molecular flexibility index (Phi) is 8.83. The number of benzene rings is 3. The summed E-state index contributed by atoms with van der Waals surface area (Å²) < 4.78 is 5.11. The van der Waals surface area contributed by atoms with Crippen molar-refractivity contribution in [3.8, 4) is 0 Å². The minimum absolute atomic E-state index is 0.0224. The quantitative estimate of drug-likeness (QED) is 0.463. The normalized spacial score (nSPS) is 13.0. The largest absolute Gasteiger partial charge is 0.466 e. The van der Waals surface area contributed by atoms with Gasteiger partial charge in [-0.1, -0.05) is 91.0 Å². The third-order valence-electron chi connectivity index (χ3n) is 5.34. The maximum absolute atomic E-state index is 12.1. The molecule has 0 aliphatic heterocycles. The Balaban J connectivity index is 1.90. The second-order valence-corrected chi connectivity index (χ2v) is 7.71. The molecule has 0 radical (unpaired) electrons. The number of ether oxygens (including phenoxy) is 1. The van der Waals surface area contributed by atoms with Crippen LogP contribution in [0.5, 0.6) is 0 Å². The monoisotopic (exact) mass is 417 g/mol. The van der Waals surface area contributed by atoms with E-state index < -0.39 is 6.10 Å². The number of carbonyl (C=O) groups excluding carboxylic acids is 1. The van der Waals surface area contributed by atoms with Crippen molar-refractivity contribution in [2.75, 3.05) is 6.61 Å². The average molecular weight is 418 g/mol. The Morgan fingerprint density at radius 1 is 0.806 bits per heavy atom. The number of hydrogen-bond donors (Lipinski definition) is 1. The predicted octanol–water partition coefficient (Wildman–Crippen LogP) is 4.61. The van der Waals surface area contributed by atoms with Crippen LogP contribution in [0.15, 0.2) is 91.0 Å².